The Kier molecular flexibility index (Phi) is 8.30. The number of hydrogen-bond acceptors (Lipinski definition) is 4. The molecule has 0 aromatic carbocycles. The van der Waals surface area contributed by atoms with Gasteiger partial charge in [0.25, 0.3) is 0 Å². The summed E-state index contributed by atoms with van der Waals surface area (Å²) in [5.41, 5.74) is 0.232. The molecule has 0 unspecified atom stereocenters. The van der Waals surface area contributed by atoms with Gasteiger partial charge in [-0.25, -0.2) is 0 Å². The summed E-state index contributed by atoms with van der Waals surface area (Å²) >= 11 is 0. The van der Waals surface area contributed by atoms with Crippen molar-refractivity contribution in [2.75, 3.05) is 27.4 Å². The molecule has 0 radical (unpaired) electrons. The van der Waals surface area contributed by atoms with Crippen molar-refractivity contribution in [1.29, 1.82) is 0 Å². The van der Waals surface area contributed by atoms with E-state index in [2.05, 4.69) is 41.5 Å². The molecule has 0 bridgehead atoms. The Balaban J connectivity index is 4.47. The monoisotopic (exact) mass is 300 g/mol. The van der Waals surface area contributed by atoms with Gasteiger partial charge < -0.3 is 18.9 Å². The van der Waals surface area contributed by atoms with Gasteiger partial charge in [-0.15, -0.1) is 0 Å². The maximum Gasteiger partial charge on any atom is 0.137 e. The summed E-state index contributed by atoms with van der Waals surface area (Å²) in [4.78, 5) is 0. The molecule has 0 aliphatic rings. The quantitative estimate of drug-likeness (QED) is 0.619. The van der Waals surface area contributed by atoms with Gasteiger partial charge in [-0.1, -0.05) is 41.5 Å². The van der Waals surface area contributed by atoms with Crippen LogP contribution in [-0.2, 0) is 18.9 Å². The molecule has 0 atom stereocenters. The minimum absolute atomic E-state index is 0.116. The topological polar surface area (TPSA) is 36.9 Å². The summed E-state index contributed by atoms with van der Waals surface area (Å²) in [5, 5.41) is 0. The molecule has 0 heterocycles. The first-order valence-corrected chi connectivity index (χ1v) is 7.27. The molecule has 0 aromatic heterocycles. The molecule has 0 N–H and O–H groups in total. The van der Waals surface area contributed by atoms with Crippen LogP contribution in [0.25, 0.3) is 0 Å². The summed E-state index contributed by atoms with van der Waals surface area (Å²) in [5.74, 6) is 1.40. The van der Waals surface area contributed by atoms with Crippen LogP contribution >= 0.6 is 0 Å². The lowest BCUT2D eigenvalue weighted by Gasteiger charge is -2.18. The Morgan fingerprint density at radius 3 is 1.29 bits per heavy atom. The number of ether oxygens (including phenoxy) is 4. The van der Waals surface area contributed by atoms with Gasteiger partial charge in [0.2, 0.25) is 0 Å². The molecule has 0 aliphatic heterocycles. The van der Waals surface area contributed by atoms with E-state index >= 15 is 0 Å². The van der Waals surface area contributed by atoms with Crippen LogP contribution in [0.5, 0.6) is 0 Å². The van der Waals surface area contributed by atoms with Gasteiger partial charge in [0.15, 0.2) is 0 Å². The first kappa shape index (κ1) is 19.7. The van der Waals surface area contributed by atoms with Gasteiger partial charge in [-0.3, -0.25) is 0 Å². The standard InChI is InChI=1S/C17H32O4/c1-16(2,3)12-20-10-14(18-7)9-15(19-8)11-21-13-17(4,5)6/h10-11H,9,12-13H2,1-8H3. The van der Waals surface area contributed by atoms with E-state index in [1.54, 1.807) is 26.7 Å². The van der Waals surface area contributed by atoms with Gasteiger partial charge in [0.1, 0.15) is 24.0 Å². The lowest BCUT2D eigenvalue weighted by molar-refractivity contribution is 0.127. The van der Waals surface area contributed by atoms with Crippen molar-refractivity contribution in [2.45, 2.75) is 48.0 Å². The highest BCUT2D eigenvalue weighted by atomic mass is 16.5. The minimum atomic E-state index is 0.116. The Morgan fingerprint density at radius 1 is 0.714 bits per heavy atom. The minimum Gasteiger partial charge on any atom is -0.497 e. The van der Waals surface area contributed by atoms with E-state index in [-0.39, 0.29) is 10.8 Å². The summed E-state index contributed by atoms with van der Waals surface area (Å²) in [7, 11) is 3.24. The molecule has 0 fully saturated rings. The normalized spacial score (nSPS) is 13.9. The molecule has 0 rings (SSSR count). The molecule has 0 saturated heterocycles. The second kappa shape index (κ2) is 8.85. The van der Waals surface area contributed by atoms with Gasteiger partial charge in [0.05, 0.1) is 33.9 Å². The summed E-state index contributed by atoms with van der Waals surface area (Å²) in [6.07, 6.45) is 3.78. The maximum absolute atomic E-state index is 5.54. The predicted octanol–water partition coefficient (Wildman–Crippen LogP) is 4.48. The molecule has 0 saturated carbocycles. The second-order valence-electron chi connectivity index (χ2n) is 7.50. The fraction of sp³-hybridized carbons (Fsp3) is 0.765. The lowest BCUT2D eigenvalue weighted by atomic mass is 9.99. The summed E-state index contributed by atoms with van der Waals surface area (Å²) in [6.45, 7) is 14.0. The third-order valence-corrected chi connectivity index (χ3v) is 2.34. The van der Waals surface area contributed by atoms with Gasteiger partial charge in [-0.2, -0.15) is 0 Å². The summed E-state index contributed by atoms with van der Waals surface area (Å²) in [6, 6.07) is 0. The van der Waals surface area contributed by atoms with Crippen LogP contribution in [0.2, 0.25) is 0 Å². The third-order valence-electron chi connectivity index (χ3n) is 2.34. The first-order valence-electron chi connectivity index (χ1n) is 7.27. The van der Waals surface area contributed by atoms with Gasteiger partial charge in [-0.05, 0) is 10.8 Å². The Hall–Kier alpha value is -1.32. The molecule has 4 nitrogen and oxygen atoms in total. The first-order chi connectivity index (χ1) is 9.57. The number of hydrogen-bond donors (Lipinski definition) is 0. The second-order valence-corrected chi connectivity index (χ2v) is 7.50. The zero-order valence-corrected chi connectivity index (χ0v) is 14.9. The Labute approximate surface area is 130 Å². The fourth-order valence-electron chi connectivity index (χ4n) is 1.26. The highest BCUT2D eigenvalue weighted by Crippen LogP contribution is 2.18. The maximum atomic E-state index is 5.54. The van der Waals surface area contributed by atoms with Crippen LogP contribution in [0, 0.1) is 10.8 Å². The van der Waals surface area contributed by atoms with E-state index < -0.39 is 0 Å². The van der Waals surface area contributed by atoms with E-state index in [9.17, 15) is 0 Å². The van der Waals surface area contributed by atoms with Crippen LogP contribution in [-0.4, -0.2) is 27.4 Å². The number of rotatable bonds is 8. The smallest absolute Gasteiger partial charge is 0.137 e. The molecule has 0 amide bonds. The number of methoxy groups -OCH3 is 2. The van der Waals surface area contributed by atoms with Crippen molar-refractivity contribution < 1.29 is 18.9 Å². The molecule has 0 spiro atoms. The van der Waals surface area contributed by atoms with E-state index in [0.29, 0.717) is 31.2 Å². The highest BCUT2D eigenvalue weighted by molar-refractivity contribution is 5.02. The van der Waals surface area contributed by atoms with Crippen molar-refractivity contribution in [3.8, 4) is 0 Å². The van der Waals surface area contributed by atoms with Crippen LogP contribution in [0.15, 0.2) is 24.0 Å². The van der Waals surface area contributed by atoms with Crippen LogP contribution < -0.4 is 0 Å². The molecule has 0 aromatic rings. The van der Waals surface area contributed by atoms with Crippen molar-refractivity contribution >= 4 is 0 Å². The lowest BCUT2D eigenvalue weighted by Crippen LogP contribution is -2.13. The average Bonchev–Trinajstić information content (AvgIpc) is 2.32. The molecule has 0 aliphatic carbocycles. The van der Waals surface area contributed by atoms with Crippen molar-refractivity contribution in [1.82, 2.24) is 0 Å². The van der Waals surface area contributed by atoms with E-state index in [0.717, 1.165) is 0 Å². The SMILES string of the molecule is COC(=COCC(C)(C)C)CC(=COCC(C)(C)C)OC. The van der Waals surface area contributed by atoms with Gasteiger partial charge in [0, 0.05) is 0 Å². The van der Waals surface area contributed by atoms with Crippen LogP contribution in [0.1, 0.15) is 48.0 Å². The van der Waals surface area contributed by atoms with Gasteiger partial charge >= 0.3 is 0 Å². The van der Waals surface area contributed by atoms with Crippen molar-refractivity contribution in [3.63, 3.8) is 0 Å². The Morgan fingerprint density at radius 2 is 1.05 bits per heavy atom. The molecule has 21 heavy (non-hydrogen) atoms. The predicted molar refractivity (Wildman–Crippen MR) is 85.6 cm³/mol. The Bertz CT molecular complexity index is 309. The largest absolute Gasteiger partial charge is 0.497 e. The third kappa shape index (κ3) is 12.2. The zero-order valence-electron chi connectivity index (χ0n) is 14.9. The average molecular weight is 300 g/mol. The highest BCUT2D eigenvalue weighted by Gasteiger charge is 2.12. The molecular weight excluding hydrogens is 268 g/mol. The van der Waals surface area contributed by atoms with Crippen LogP contribution in [0.4, 0.5) is 0 Å². The fourth-order valence-corrected chi connectivity index (χ4v) is 1.26. The molecule has 124 valence electrons. The molecule has 4 heteroatoms. The van der Waals surface area contributed by atoms with Crippen LogP contribution in [0.3, 0.4) is 0 Å². The zero-order chi connectivity index (χ0) is 16.5. The van der Waals surface area contributed by atoms with Crippen molar-refractivity contribution in [2.24, 2.45) is 10.8 Å². The summed E-state index contributed by atoms with van der Waals surface area (Å²) < 4.78 is 21.7. The molecular formula is C17H32O4. The van der Waals surface area contributed by atoms with E-state index in [1.807, 2.05) is 0 Å². The van der Waals surface area contributed by atoms with Crippen molar-refractivity contribution in [3.05, 3.63) is 24.0 Å². The van der Waals surface area contributed by atoms with E-state index in [4.69, 9.17) is 18.9 Å². The van der Waals surface area contributed by atoms with E-state index in [1.165, 1.54) is 0 Å².